The number of carbonyl (C=O) groups excluding carboxylic acids is 1. The fourth-order valence-electron chi connectivity index (χ4n) is 3.63. The first-order chi connectivity index (χ1) is 15.4. The van der Waals surface area contributed by atoms with Crippen molar-refractivity contribution in [3.63, 3.8) is 0 Å². The molecule has 1 aliphatic rings. The smallest absolute Gasteiger partial charge is 0.243 e. The second-order valence-electron chi connectivity index (χ2n) is 7.64. The van der Waals surface area contributed by atoms with Crippen molar-refractivity contribution in [1.82, 2.24) is 14.3 Å². The molecule has 1 saturated heterocycles. The van der Waals surface area contributed by atoms with Gasteiger partial charge in [0.1, 0.15) is 0 Å². The van der Waals surface area contributed by atoms with E-state index in [0.29, 0.717) is 36.1 Å². The second kappa shape index (κ2) is 9.46. The van der Waals surface area contributed by atoms with Gasteiger partial charge in [0, 0.05) is 43.1 Å². The van der Waals surface area contributed by atoms with E-state index in [2.05, 4.69) is 20.6 Å². The Kier molecular flexibility index (Phi) is 6.48. The Hall–Kier alpha value is -3.30. The van der Waals surface area contributed by atoms with Crippen LogP contribution in [0.3, 0.4) is 0 Å². The predicted octanol–water partition coefficient (Wildman–Crippen LogP) is 4.02. The molecule has 8 nitrogen and oxygen atoms in total. The lowest BCUT2D eigenvalue weighted by Gasteiger charge is -2.26. The van der Waals surface area contributed by atoms with Crippen molar-refractivity contribution < 1.29 is 13.2 Å². The van der Waals surface area contributed by atoms with Gasteiger partial charge >= 0.3 is 0 Å². The van der Waals surface area contributed by atoms with E-state index in [1.807, 2.05) is 12.1 Å². The fourth-order valence-corrected chi connectivity index (χ4v) is 5.19. The van der Waals surface area contributed by atoms with E-state index in [9.17, 15) is 13.2 Å². The third-order valence-corrected chi connectivity index (χ3v) is 7.09. The molecule has 0 saturated carbocycles. The average Bonchev–Trinajstić information content (AvgIpc) is 2.80. The van der Waals surface area contributed by atoms with Crippen LogP contribution in [0.2, 0.25) is 0 Å². The zero-order valence-electron chi connectivity index (χ0n) is 17.8. The number of nitrogens with zero attached hydrogens (tertiary/aromatic N) is 3. The van der Waals surface area contributed by atoms with Crippen LogP contribution in [0.1, 0.15) is 26.2 Å². The van der Waals surface area contributed by atoms with Crippen molar-refractivity contribution >= 4 is 33.3 Å². The Bertz CT molecular complexity index is 1210. The molecule has 4 rings (SSSR count). The summed E-state index contributed by atoms with van der Waals surface area (Å²) in [6, 6.07) is 15.9. The molecule has 32 heavy (non-hydrogen) atoms. The lowest BCUT2D eigenvalue weighted by molar-refractivity contribution is -0.114. The van der Waals surface area contributed by atoms with Crippen molar-refractivity contribution in [2.45, 2.75) is 31.1 Å². The molecule has 0 bridgehead atoms. The zero-order valence-corrected chi connectivity index (χ0v) is 18.6. The molecule has 3 aromatic rings. The van der Waals surface area contributed by atoms with Crippen molar-refractivity contribution in [2.24, 2.45) is 0 Å². The molecule has 1 fully saturated rings. The van der Waals surface area contributed by atoms with Crippen LogP contribution in [0.4, 0.5) is 17.3 Å². The highest BCUT2D eigenvalue weighted by molar-refractivity contribution is 7.89. The highest BCUT2D eigenvalue weighted by Crippen LogP contribution is 2.25. The van der Waals surface area contributed by atoms with Gasteiger partial charge < -0.3 is 10.6 Å². The Morgan fingerprint density at radius 1 is 0.969 bits per heavy atom. The molecule has 2 aromatic carbocycles. The van der Waals surface area contributed by atoms with E-state index < -0.39 is 10.0 Å². The van der Waals surface area contributed by atoms with E-state index in [4.69, 9.17) is 0 Å². The van der Waals surface area contributed by atoms with E-state index in [1.54, 1.807) is 53.0 Å². The molecule has 0 unspecified atom stereocenters. The summed E-state index contributed by atoms with van der Waals surface area (Å²) in [4.78, 5) is 20.2. The van der Waals surface area contributed by atoms with Gasteiger partial charge in [-0.15, -0.1) is 0 Å². The number of piperidine rings is 1. The van der Waals surface area contributed by atoms with Gasteiger partial charge in [0.05, 0.1) is 10.6 Å². The first-order valence-corrected chi connectivity index (χ1v) is 11.9. The Balaban J connectivity index is 1.53. The second-order valence-corrected chi connectivity index (χ2v) is 9.58. The lowest BCUT2D eigenvalue weighted by atomic mass is 10.1. The van der Waals surface area contributed by atoms with Crippen LogP contribution in [-0.4, -0.2) is 41.7 Å². The third-order valence-electron chi connectivity index (χ3n) is 5.20. The van der Waals surface area contributed by atoms with Crippen LogP contribution < -0.4 is 10.6 Å². The van der Waals surface area contributed by atoms with Crippen LogP contribution >= 0.6 is 0 Å². The number of rotatable bonds is 6. The van der Waals surface area contributed by atoms with E-state index in [-0.39, 0.29) is 10.8 Å². The SMILES string of the molecule is CC(=O)Nc1ccc(-c2ccnc(Nc3cccc(S(=O)(=O)N4CCCCC4)c3)n2)cc1. The topological polar surface area (TPSA) is 104 Å². The van der Waals surface area contributed by atoms with Gasteiger partial charge in [0.2, 0.25) is 21.9 Å². The monoisotopic (exact) mass is 451 g/mol. The van der Waals surface area contributed by atoms with Gasteiger partial charge in [-0.05, 0) is 49.2 Å². The molecule has 0 atom stereocenters. The molecule has 2 N–H and O–H groups in total. The molecule has 0 radical (unpaired) electrons. The molecule has 2 heterocycles. The molecular formula is C23H25N5O3S. The summed E-state index contributed by atoms with van der Waals surface area (Å²) in [7, 11) is -3.52. The zero-order chi connectivity index (χ0) is 22.6. The lowest BCUT2D eigenvalue weighted by Crippen LogP contribution is -2.35. The largest absolute Gasteiger partial charge is 0.326 e. The van der Waals surface area contributed by atoms with Crippen LogP contribution in [0.25, 0.3) is 11.3 Å². The molecular weight excluding hydrogens is 426 g/mol. The minimum atomic E-state index is -3.52. The number of anilines is 3. The molecule has 1 aliphatic heterocycles. The summed E-state index contributed by atoms with van der Waals surface area (Å²) in [5.74, 6) is 0.233. The Morgan fingerprint density at radius 2 is 1.72 bits per heavy atom. The van der Waals surface area contributed by atoms with Crippen molar-refractivity contribution in [2.75, 3.05) is 23.7 Å². The third kappa shape index (κ3) is 5.12. The fraction of sp³-hybridized carbons (Fsp3) is 0.261. The average molecular weight is 452 g/mol. The minimum Gasteiger partial charge on any atom is -0.326 e. The number of hydrogen-bond donors (Lipinski definition) is 2. The molecule has 0 aliphatic carbocycles. The highest BCUT2D eigenvalue weighted by atomic mass is 32.2. The quantitative estimate of drug-likeness (QED) is 0.587. The standard InChI is InChI=1S/C23H25N5O3S/c1-17(29)25-19-10-8-18(9-11-19)22-12-13-24-23(27-22)26-20-6-5-7-21(16-20)32(30,31)28-14-3-2-4-15-28/h5-13,16H,2-4,14-15H2,1H3,(H,25,29)(H,24,26,27). The van der Waals surface area contributed by atoms with Gasteiger partial charge in [0.15, 0.2) is 0 Å². The number of benzene rings is 2. The normalized spacial score (nSPS) is 14.7. The molecule has 166 valence electrons. The summed E-state index contributed by atoms with van der Waals surface area (Å²) in [5, 5.41) is 5.84. The van der Waals surface area contributed by atoms with E-state index in [1.165, 1.54) is 6.92 Å². The number of hydrogen-bond acceptors (Lipinski definition) is 6. The van der Waals surface area contributed by atoms with Crippen LogP contribution in [0.15, 0.2) is 65.7 Å². The van der Waals surface area contributed by atoms with Gasteiger partial charge in [-0.2, -0.15) is 4.31 Å². The van der Waals surface area contributed by atoms with Crippen molar-refractivity contribution in [3.05, 3.63) is 60.8 Å². The summed E-state index contributed by atoms with van der Waals surface area (Å²) >= 11 is 0. The maximum absolute atomic E-state index is 13.0. The number of nitrogens with one attached hydrogen (secondary N) is 2. The first kappa shape index (κ1) is 21.9. The first-order valence-electron chi connectivity index (χ1n) is 10.5. The van der Waals surface area contributed by atoms with Crippen LogP contribution in [-0.2, 0) is 14.8 Å². The van der Waals surface area contributed by atoms with Gasteiger partial charge in [0.25, 0.3) is 0 Å². The summed E-state index contributed by atoms with van der Waals surface area (Å²) < 4.78 is 27.5. The maximum Gasteiger partial charge on any atom is 0.243 e. The molecule has 1 amide bonds. The molecule has 1 aromatic heterocycles. The number of sulfonamides is 1. The van der Waals surface area contributed by atoms with Crippen molar-refractivity contribution in [3.8, 4) is 11.3 Å². The number of amides is 1. The van der Waals surface area contributed by atoms with Crippen LogP contribution in [0.5, 0.6) is 0 Å². The molecule has 0 spiro atoms. The van der Waals surface area contributed by atoms with Gasteiger partial charge in [-0.1, -0.05) is 24.6 Å². The van der Waals surface area contributed by atoms with Gasteiger partial charge in [-0.3, -0.25) is 4.79 Å². The van der Waals surface area contributed by atoms with Crippen LogP contribution in [0, 0.1) is 0 Å². The van der Waals surface area contributed by atoms with E-state index in [0.717, 1.165) is 24.8 Å². The summed E-state index contributed by atoms with van der Waals surface area (Å²) in [6.45, 7) is 2.58. The van der Waals surface area contributed by atoms with E-state index >= 15 is 0 Å². The number of aromatic nitrogens is 2. The minimum absolute atomic E-state index is 0.129. The number of carbonyl (C=O) groups is 1. The van der Waals surface area contributed by atoms with Crippen molar-refractivity contribution in [1.29, 1.82) is 0 Å². The molecule has 9 heteroatoms. The predicted molar refractivity (Wildman–Crippen MR) is 124 cm³/mol. The highest BCUT2D eigenvalue weighted by Gasteiger charge is 2.26. The summed E-state index contributed by atoms with van der Waals surface area (Å²) in [5.41, 5.74) is 2.88. The Labute approximate surface area is 187 Å². The maximum atomic E-state index is 13.0. The Morgan fingerprint density at radius 3 is 2.44 bits per heavy atom. The summed E-state index contributed by atoms with van der Waals surface area (Å²) in [6.07, 6.45) is 4.49. The van der Waals surface area contributed by atoms with Gasteiger partial charge in [-0.25, -0.2) is 18.4 Å².